The van der Waals surface area contributed by atoms with Crippen LogP contribution < -0.4 is 5.32 Å². The van der Waals surface area contributed by atoms with Crippen molar-refractivity contribution < 1.29 is 14.0 Å². The molecule has 0 aromatic heterocycles. The number of nitrogens with one attached hydrogen (secondary N) is 1. The number of likely N-dealkylation sites (tertiary alicyclic amines) is 1. The Bertz CT molecular complexity index is 879. The molecule has 0 saturated carbocycles. The number of phenolic OH excluding ortho intramolecular Hbond substituents is 1. The zero-order chi connectivity index (χ0) is 21.6. The van der Waals surface area contributed by atoms with E-state index < -0.39 is 6.98 Å². The van der Waals surface area contributed by atoms with Gasteiger partial charge in [-0.1, -0.05) is 36.8 Å². The third-order valence-electron chi connectivity index (χ3n) is 4.97. The van der Waals surface area contributed by atoms with Crippen LogP contribution in [-0.2, 0) is 11.2 Å². The SMILES string of the molecule is [2H][13C]([2H])([2H])N1CCCCC1CCc1ccccc1NC(=O)/C=C/c1ccc(O)cc1. The van der Waals surface area contributed by atoms with Crippen LogP contribution in [0.2, 0.25) is 0 Å². The number of rotatable bonds is 6. The van der Waals surface area contributed by atoms with E-state index in [0.717, 1.165) is 42.5 Å². The molecule has 1 unspecified atom stereocenters. The Kier molecular flexibility index (Phi) is 5.37. The van der Waals surface area contributed by atoms with Crippen LogP contribution in [0.4, 0.5) is 5.69 Å². The summed E-state index contributed by atoms with van der Waals surface area (Å²) in [5, 5.41) is 12.2. The Labute approximate surface area is 165 Å². The third-order valence-corrected chi connectivity index (χ3v) is 4.97. The van der Waals surface area contributed by atoms with Gasteiger partial charge in [-0.05, 0) is 74.6 Å². The molecule has 3 rings (SSSR count). The Morgan fingerprint density at radius 3 is 2.89 bits per heavy atom. The highest BCUT2D eigenvalue weighted by Crippen LogP contribution is 2.23. The molecule has 0 bridgehead atoms. The quantitative estimate of drug-likeness (QED) is 0.585. The molecule has 2 aromatic carbocycles. The molecule has 0 spiro atoms. The van der Waals surface area contributed by atoms with Crippen LogP contribution >= 0.6 is 0 Å². The number of aromatic hydroxyl groups is 1. The molecular weight excluding hydrogens is 337 g/mol. The molecule has 142 valence electrons. The smallest absolute Gasteiger partial charge is 0.248 e. The molecule has 27 heavy (non-hydrogen) atoms. The first-order chi connectivity index (χ1) is 14.3. The number of piperidine rings is 1. The maximum Gasteiger partial charge on any atom is 0.248 e. The van der Waals surface area contributed by atoms with Gasteiger partial charge in [0, 0.05) is 21.9 Å². The van der Waals surface area contributed by atoms with Crippen molar-refractivity contribution in [3.05, 3.63) is 65.7 Å². The predicted octanol–water partition coefficient (Wildman–Crippen LogP) is 4.46. The number of anilines is 1. The number of carbonyl (C=O) groups excluding carboxylic acids is 1. The van der Waals surface area contributed by atoms with E-state index in [0.29, 0.717) is 13.0 Å². The van der Waals surface area contributed by atoms with Gasteiger partial charge in [0.25, 0.3) is 0 Å². The molecule has 2 N–H and O–H groups in total. The number of aryl methyl sites for hydroxylation is 1. The number of amides is 1. The van der Waals surface area contributed by atoms with E-state index in [4.69, 9.17) is 4.11 Å². The van der Waals surface area contributed by atoms with E-state index in [9.17, 15) is 9.90 Å². The monoisotopic (exact) mass is 368 g/mol. The molecule has 0 aliphatic carbocycles. The normalized spacial score (nSPS) is 20.0. The summed E-state index contributed by atoms with van der Waals surface area (Å²) in [6, 6.07) is 14.3. The third kappa shape index (κ3) is 5.69. The Balaban J connectivity index is 1.62. The zero-order valence-corrected chi connectivity index (χ0v) is 15.4. The fourth-order valence-corrected chi connectivity index (χ4v) is 3.41. The van der Waals surface area contributed by atoms with Crippen molar-refractivity contribution in [2.45, 2.75) is 38.1 Å². The first-order valence-corrected chi connectivity index (χ1v) is 9.46. The van der Waals surface area contributed by atoms with Gasteiger partial charge in [0.1, 0.15) is 5.75 Å². The number of nitrogens with zero attached hydrogens (tertiary/aromatic N) is 1. The largest absolute Gasteiger partial charge is 0.508 e. The average molecular weight is 368 g/mol. The van der Waals surface area contributed by atoms with Gasteiger partial charge in [-0.2, -0.15) is 0 Å². The fraction of sp³-hybridized carbons (Fsp3) is 0.348. The highest BCUT2D eigenvalue weighted by atomic mass is 16.3. The summed E-state index contributed by atoms with van der Waals surface area (Å²) in [5.41, 5.74) is 2.56. The van der Waals surface area contributed by atoms with Gasteiger partial charge in [-0.25, -0.2) is 0 Å². The second-order valence-corrected chi connectivity index (χ2v) is 6.95. The van der Waals surface area contributed by atoms with E-state index in [1.165, 1.54) is 6.08 Å². The zero-order valence-electron chi connectivity index (χ0n) is 18.4. The van der Waals surface area contributed by atoms with Gasteiger partial charge in [0.2, 0.25) is 5.91 Å². The molecule has 1 aliphatic rings. The Hall–Kier alpha value is -2.59. The maximum atomic E-state index is 12.4. The summed E-state index contributed by atoms with van der Waals surface area (Å²) in [6.45, 7) is -1.44. The lowest BCUT2D eigenvalue weighted by atomic mass is 9.96. The van der Waals surface area contributed by atoms with Crippen molar-refractivity contribution >= 4 is 17.7 Å². The van der Waals surface area contributed by atoms with Crippen molar-refractivity contribution in [3.8, 4) is 5.75 Å². The number of benzene rings is 2. The lowest BCUT2D eigenvalue weighted by Crippen LogP contribution is -2.36. The minimum absolute atomic E-state index is 0.0319. The molecule has 1 amide bonds. The molecule has 0 radical (unpaired) electrons. The summed E-state index contributed by atoms with van der Waals surface area (Å²) in [7, 11) is 0. The van der Waals surface area contributed by atoms with Crippen LogP contribution in [0.3, 0.4) is 0 Å². The van der Waals surface area contributed by atoms with Crippen LogP contribution in [0.25, 0.3) is 6.08 Å². The van der Waals surface area contributed by atoms with E-state index in [1.54, 1.807) is 35.2 Å². The van der Waals surface area contributed by atoms with Gasteiger partial charge < -0.3 is 15.3 Å². The molecule has 1 saturated heterocycles. The summed E-state index contributed by atoms with van der Waals surface area (Å²) in [4.78, 5) is 14.0. The summed E-state index contributed by atoms with van der Waals surface area (Å²) in [5.74, 6) is -0.0575. The maximum absolute atomic E-state index is 12.4. The minimum Gasteiger partial charge on any atom is -0.508 e. The van der Waals surface area contributed by atoms with E-state index in [-0.39, 0.29) is 17.7 Å². The van der Waals surface area contributed by atoms with Crippen molar-refractivity contribution in [2.24, 2.45) is 0 Å². The Morgan fingerprint density at radius 2 is 2.07 bits per heavy atom. The molecule has 4 nitrogen and oxygen atoms in total. The second-order valence-electron chi connectivity index (χ2n) is 6.95. The molecule has 1 heterocycles. The summed E-state index contributed by atoms with van der Waals surface area (Å²) < 4.78 is 23.4. The van der Waals surface area contributed by atoms with Gasteiger partial charge in [-0.3, -0.25) is 4.79 Å². The molecule has 2 aromatic rings. The van der Waals surface area contributed by atoms with Crippen LogP contribution in [-0.4, -0.2) is 35.5 Å². The molecular formula is C23H28N2O2. The van der Waals surface area contributed by atoms with E-state index in [2.05, 4.69) is 5.32 Å². The van der Waals surface area contributed by atoms with Crippen LogP contribution in [0.1, 0.15) is 40.9 Å². The van der Waals surface area contributed by atoms with Gasteiger partial charge >= 0.3 is 0 Å². The fourth-order valence-electron chi connectivity index (χ4n) is 3.41. The number of phenols is 1. The highest BCUT2D eigenvalue weighted by Gasteiger charge is 2.18. The molecule has 1 atom stereocenters. The summed E-state index contributed by atoms with van der Waals surface area (Å²) in [6.07, 6.45) is 7.47. The van der Waals surface area contributed by atoms with Crippen LogP contribution in [0.5, 0.6) is 5.75 Å². The van der Waals surface area contributed by atoms with Crippen LogP contribution in [0.15, 0.2) is 54.6 Å². The standard InChI is InChI=1S/C23H28N2O2/c1-25-17-5-4-7-20(25)13-12-19-6-2-3-8-22(19)24-23(27)16-11-18-9-14-21(26)15-10-18/h2-3,6,8-11,14-16,20,26H,4-5,7,12-13,17H2,1H3,(H,24,27)/b16-11+/i1+1D3. The van der Waals surface area contributed by atoms with Crippen LogP contribution in [0, 0.1) is 0 Å². The van der Waals surface area contributed by atoms with Crippen molar-refractivity contribution in [1.82, 2.24) is 4.90 Å². The molecule has 1 fully saturated rings. The topological polar surface area (TPSA) is 52.6 Å². The second kappa shape index (κ2) is 9.38. The van der Waals surface area contributed by atoms with Crippen molar-refractivity contribution in [1.29, 1.82) is 0 Å². The van der Waals surface area contributed by atoms with Gasteiger partial charge in [0.05, 0.1) is 0 Å². The van der Waals surface area contributed by atoms with E-state index >= 15 is 0 Å². The predicted molar refractivity (Wildman–Crippen MR) is 111 cm³/mol. The molecule has 1 aliphatic heterocycles. The number of carbonyl (C=O) groups is 1. The number of hydrogen-bond acceptors (Lipinski definition) is 3. The van der Waals surface area contributed by atoms with Gasteiger partial charge in [0.15, 0.2) is 0 Å². The first-order valence-electron chi connectivity index (χ1n) is 11.0. The first kappa shape index (κ1) is 15.5. The average Bonchev–Trinajstić information content (AvgIpc) is 2.72. The minimum atomic E-state index is -2.06. The lowest BCUT2D eigenvalue weighted by Gasteiger charge is -2.32. The summed E-state index contributed by atoms with van der Waals surface area (Å²) >= 11 is 0. The highest BCUT2D eigenvalue weighted by molar-refractivity contribution is 6.02. The van der Waals surface area contributed by atoms with Crippen molar-refractivity contribution in [2.75, 3.05) is 18.8 Å². The molecule has 4 heteroatoms. The van der Waals surface area contributed by atoms with E-state index in [1.807, 2.05) is 24.3 Å². The van der Waals surface area contributed by atoms with Crippen molar-refractivity contribution in [3.63, 3.8) is 0 Å². The number of hydrogen-bond donors (Lipinski definition) is 2. The number of para-hydroxylation sites is 1. The lowest BCUT2D eigenvalue weighted by molar-refractivity contribution is -0.111. The van der Waals surface area contributed by atoms with Gasteiger partial charge in [-0.15, -0.1) is 0 Å². The Morgan fingerprint density at radius 1 is 1.26 bits per heavy atom.